The highest BCUT2D eigenvalue weighted by Gasteiger charge is 2.31. The number of carbonyl (C=O) groups excluding carboxylic acids is 2. The molecule has 2 aromatic rings. The summed E-state index contributed by atoms with van der Waals surface area (Å²) >= 11 is 5.94. The molecule has 1 aliphatic heterocycles. The first-order chi connectivity index (χ1) is 15.0. The second kappa shape index (κ2) is 9.77. The fourth-order valence-corrected chi connectivity index (χ4v) is 4.61. The SMILES string of the molecule is CCC(C(=O)N1CCN(C(=O)CC2CCCC2)CC1)n1nnc(-c2ccc(Cl)cc2)n1. The normalized spacial score (nSPS) is 18.4. The third-order valence-corrected chi connectivity index (χ3v) is 6.62. The summed E-state index contributed by atoms with van der Waals surface area (Å²) < 4.78 is 0. The topological polar surface area (TPSA) is 84.2 Å². The summed E-state index contributed by atoms with van der Waals surface area (Å²) in [4.78, 5) is 30.9. The molecule has 1 aromatic carbocycles. The van der Waals surface area contributed by atoms with E-state index < -0.39 is 6.04 Å². The van der Waals surface area contributed by atoms with E-state index in [9.17, 15) is 9.59 Å². The minimum Gasteiger partial charge on any atom is -0.339 e. The van der Waals surface area contributed by atoms with Crippen LogP contribution in [0.3, 0.4) is 0 Å². The summed E-state index contributed by atoms with van der Waals surface area (Å²) in [5.41, 5.74) is 0.798. The van der Waals surface area contributed by atoms with E-state index in [4.69, 9.17) is 11.6 Å². The Morgan fingerprint density at radius 1 is 1.06 bits per heavy atom. The van der Waals surface area contributed by atoms with Crippen LogP contribution < -0.4 is 0 Å². The number of hydrogen-bond acceptors (Lipinski definition) is 5. The van der Waals surface area contributed by atoms with Crippen molar-refractivity contribution in [2.24, 2.45) is 5.92 Å². The lowest BCUT2D eigenvalue weighted by atomic mass is 10.0. The number of tetrazole rings is 1. The van der Waals surface area contributed by atoms with Gasteiger partial charge < -0.3 is 9.80 Å². The molecule has 1 unspecified atom stereocenters. The molecule has 1 aromatic heterocycles. The first-order valence-corrected chi connectivity index (χ1v) is 11.5. The number of piperazine rings is 1. The highest BCUT2D eigenvalue weighted by Crippen LogP contribution is 2.28. The van der Waals surface area contributed by atoms with E-state index in [0.717, 1.165) is 5.56 Å². The molecular formula is C22H29ClN6O2. The zero-order chi connectivity index (χ0) is 21.8. The molecule has 4 rings (SSSR count). The number of benzene rings is 1. The minimum atomic E-state index is -0.505. The van der Waals surface area contributed by atoms with Gasteiger partial charge in [-0.25, -0.2) is 0 Å². The van der Waals surface area contributed by atoms with Crippen LogP contribution in [0.25, 0.3) is 11.4 Å². The zero-order valence-corrected chi connectivity index (χ0v) is 18.7. The number of rotatable bonds is 6. The minimum absolute atomic E-state index is 0.0227. The van der Waals surface area contributed by atoms with Crippen molar-refractivity contribution >= 4 is 23.4 Å². The molecule has 166 valence electrons. The van der Waals surface area contributed by atoms with Gasteiger partial charge in [-0.15, -0.1) is 10.2 Å². The molecule has 2 aliphatic rings. The maximum atomic E-state index is 13.2. The Bertz CT molecular complexity index is 901. The van der Waals surface area contributed by atoms with Crippen molar-refractivity contribution in [3.63, 3.8) is 0 Å². The molecule has 1 saturated carbocycles. The molecule has 2 fully saturated rings. The molecule has 1 aliphatic carbocycles. The lowest BCUT2D eigenvalue weighted by Crippen LogP contribution is -2.52. The average Bonchev–Trinajstić information content (AvgIpc) is 3.47. The predicted octanol–water partition coefficient (Wildman–Crippen LogP) is 3.20. The van der Waals surface area contributed by atoms with Crippen LogP contribution in [0.1, 0.15) is 51.5 Å². The van der Waals surface area contributed by atoms with E-state index in [0.29, 0.717) is 55.8 Å². The van der Waals surface area contributed by atoms with E-state index in [2.05, 4.69) is 15.4 Å². The van der Waals surface area contributed by atoms with Crippen molar-refractivity contribution in [3.8, 4) is 11.4 Å². The molecule has 2 heterocycles. The van der Waals surface area contributed by atoms with Gasteiger partial charge in [-0.05, 0) is 54.7 Å². The Hall–Kier alpha value is -2.48. The predicted molar refractivity (Wildman–Crippen MR) is 117 cm³/mol. The van der Waals surface area contributed by atoms with E-state index in [1.807, 2.05) is 28.9 Å². The van der Waals surface area contributed by atoms with Gasteiger partial charge in [0.2, 0.25) is 17.6 Å². The van der Waals surface area contributed by atoms with Crippen LogP contribution in [0.4, 0.5) is 0 Å². The summed E-state index contributed by atoms with van der Waals surface area (Å²) in [6, 6.07) is 6.69. The fourth-order valence-electron chi connectivity index (χ4n) is 4.49. The van der Waals surface area contributed by atoms with Gasteiger partial charge in [0.05, 0.1) is 0 Å². The van der Waals surface area contributed by atoms with Gasteiger partial charge in [-0.3, -0.25) is 9.59 Å². The smallest absolute Gasteiger partial charge is 0.249 e. The highest BCUT2D eigenvalue weighted by atomic mass is 35.5. The van der Waals surface area contributed by atoms with Gasteiger partial charge in [0.1, 0.15) is 0 Å². The summed E-state index contributed by atoms with van der Waals surface area (Å²) in [6.07, 6.45) is 6.05. The molecule has 0 bridgehead atoms. The number of halogens is 1. The molecular weight excluding hydrogens is 416 g/mol. The largest absolute Gasteiger partial charge is 0.339 e. The molecule has 9 heteroatoms. The molecule has 8 nitrogen and oxygen atoms in total. The summed E-state index contributed by atoms with van der Waals surface area (Å²) in [6.45, 7) is 4.22. The molecule has 0 spiro atoms. The van der Waals surface area contributed by atoms with Crippen LogP contribution >= 0.6 is 11.6 Å². The van der Waals surface area contributed by atoms with Gasteiger partial charge in [0, 0.05) is 43.2 Å². The number of carbonyl (C=O) groups is 2. The van der Waals surface area contributed by atoms with Crippen molar-refractivity contribution in [1.29, 1.82) is 0 Å². The van der Waals surface area contributed by atoms with Crippen molar-refractivity contribution in [2.45, 2.75) is 51.5 Å². The van der Waals surface area contributed by atoms with Crippen LogP contribution in [0.2, 0.25) is 5.02 Å². The van der Waals surface area contributed by atoms with Gasteiger partial charge in [0.25, 0.3) is 0 Å². The fraction of sp³-hybridized carbons (Fsp3) is 0.591. The third kappa shape index (κ3) is 5.06. The number of amides is 2. The molecule has 31 heavy (non-hydrogen) atoms. The molecule has 0 N–H and O–H groups in total. The molecule has 2 amide bonds. The van der Waals surface area contributed by atoms with Crippen LogP contribution in [0.5, 0.6) is 0 Å². The maximum absolute atomic E-state index is 13.2. The molecule has 1 saturated heterocycles. The number of nitrogens with zero attached hydrogens (tertiary/aromatic N) is 6. The Morgan fingerprint density at radius 3 is 2.35 bits per heavy atom. The average molecular weight is 445 g/mol. The first-order valence-electron chi connectivity index (χ1n) is 11.2. The van der Waals surface area contributed by atoms with Gasteiger partial charge in [-0.2, -0.15) is 4.80 Å². The Balaban J connectivity index is 1.35. The Labute approximate surface area is 187 Å². The van der Waals surface area contributed by atoms with Crippen LogP contribution in [-0.4, -0.2) is 68.0 Å². The van der Waals surface area contributed by atoms with Crippen molar-refractivity contribution in [3.05, 3.63) is 29.3 Å². The highest BCUT2D eigenvalue weighted by molar-refractivity contribution is 6.30. The Morgan fingerprint density at radius 2 is 1.71 bits per heavy atom. The second-order valence-electron chi connectivity index (χ2n) is 8.43. The standard InChI is InChI=1S/C22H29ClN6O2/c1-2-19(29-25-21(24-26-29)17-7-9-18(23)10-8-17)22(31)28-13-11-27(12-14-28)20(30)15-16-5-3-4-6-16/h7-10,16,19H,2-6,11-15H2,1H3. The number of hydrogen-bond donors (Lipinski definition) is 0. The quantitative estimate of drug-likeness (QED) is 0.683. The molecule has 1 atom stereocenters. The van der Waals surface area contributed by atoms with Crippen LogP contribution in [0.15, 0.2) is 24.3 Å². The Kier molecular flexibility index (Phi) is 6.85. The van der Waals surface area contributed by atoms with E-state index >= 15 is 0 Å². The first kappa shape index (κ1) is 21.7. The van der Waals surface area contributed by atoms with E-state index in [1.165, 1.54) is 30.5 Å². The molecule has 0 radical (unpaired) electrons. The van der Waals surface area contributed by atoms with Crippen molar-refractivity contribution < 1.29 is 9.59 Å². The monoisotopic (exact) mass is 444 g/mol. The maximum Gasteiger partial charge on any atom is 0.249 e. The summed E-state index contributed by atoms with van der Waals surface area (Å²) in [7, 11) is 0. The van der Waals surface area contributed by atoms with Gasteiger partial charge in [-0.1, -0.05) is 31.4 Å². The zero-order valence-electron chi connectivity index (χ0n) is 17.9. The van der Waals surface area contributed by atoms with Crippen molar-refractivity contribution in [2.75, 3.05) is 26.2 Å². The lowest BCUT2D eigenvalue weighted by Gasteiger charge is -2.36. The van der Waals surface area contributed by atoms with E-state index in [1.54, 1.807) is 12.1 Å². The van der Waals surface area contributed by atoms with Gasteiger partial charge >= 0.3 is 0 Å². The van der Waals surface area contributed by atoms with Crippen LogP contribution in [0, 0.1) is 5.92 Å². The second-order valence-corrected chi connectivity index (χ2v) is 8.86. The third-order valence-electron chi connectivity index (χ3n) is 6.36. The van der Waals surface area contributed by atoms with Gasteiger partial charge in [0.15, 0.2) is 6.04 Å². The van der Waals surface area contributed by atoms with Crippen molar-refractivity contribution in [1.82, 2.24) is 30.0 Å². The van der Waals surface area contributed by atoms with Crippen LogP contribution in [-0.2, 0) is 9.59 Å². The van der Waals surface area contributed by atoms with E-state index in [-0.39, 0.29) is 11.8 Å². The number of aromatic nitrogens is 4. The summed E-state index contributed by atoms with van der Waals surface area (Å²) in [5, 5.41) is 13.3. The lowest BCUT2D eigenvalue weighted by molar-refractivity contribution is -0.142. The summed E-state index contributed by atoms with van der Waals surface area (Å²) in [5.74, 6) is 1.22.